The van der Waals surface area contributed by atoms with Crippen LogP contribution in [0.1, 0.15) is 103 Å². The van der Waals surface area contributed by atoms with Crippen LogP contribution >= 0.6 is 0 Å². The summed E-state index contributed by atoms with van der Waals surface area (Å²) < 4.78 is 5.44. The first-order valence-electron chi connectivity index (χ1n) is 16.2. The molecule has 1 aliphatic heterocycles. The number of nitrogens with two attached hydrogens (primary N) is 1. The molecule has 1 aliphatic carbocycles. The van der Waals surface area contributed by atoms with Crippen molar-refractivity contribution in [2.24, 2.45) is 17.6 Å². The summed E-state index contributed by atoms with van der Waals surface area (Å²) in [7, 11) is 1.58. The van der Waals surface area contributed by atoms with Crippen molar-refractivity contribution in [1.29, 1.82) is 0 Å². The Balaban J connectivity index is 0.00000121. The lowest BCUT2D eigenvalue weighted by atomic mass is 9.79. The number of ketones is 1. The predicted octanol–water partition coefficient (Wildman–Crippen LogP) is 6.04. The largest absolute Gasteiger partial charge is 0.496 e. The second-order valence-electron chi connectivity index (χ2n) is 11.4. The molecule has 4 atom stereocenters. The van der Waals surface area contributed by atoms with Crippen LogP contribution in [0.25, 0.3) is 0 Å². The zero-order valence-corrected chi connectivity index (χ0v) is 27.2. The molecule has 2 fully saturated rings. The van der Waals surface area contributed by atoms with Gasteiger partial charge in [-0.25, -0.2) is 0 Å². The zero-order valence-electron chi connectivity index (χ0n) is 27.2. The minimum atomic E-state index is -0.661. The average molecular weight is 595 g/mol. The van der Waals surface area contributed by atoms with Crippen molar-refractivity contribution in [3.8, 4) is 5.75 Å². The number of hydrogen-bond donors (Lipinski definition) is 2. The van der Waals surface area contributed by atoms with E-state index in [4.69, 9.17) is 10.5 Å². The van der Waals surface area contributed by atoms with Crippen molar-refractivity contribution >= 4 is 17.6 Å². The highest BCUT2D eigenvalue weighted by Gasteiger charge is 2.43. The summed E-state index contributed by atoms with van der Waals surface area (Å²) >= 11 is 0. The average Bonchev–Trinajstić information content (AvgIpc) is 3.49. The molecule has 2 aromatic rings. The normalized spacial score (nSPS) is 19.6. The third kappa shape index (κ3) is 10.8. The van der Waals surface area contributed by atoms with Gasteiger partial charge in [0.1, 0.15) is 11.8 Å². The quantitative estimate of drug-likeness (QED) is 0.347. The molecular weight excluding hydrogens is 540 g/mol. The number of amides is 2. The van der Waals surface area contributed by atoms with E-state index >= 15 is 0 Å². The molecule has 1 aromatic heterocycles. The summed E-state index contributed by atoms with van der Waals surface area (Å²) in [4.78, 5) is 45.5. The molecule has 4 rings (SSSR count). The van der Waals surface area contributed by atoms with Crippen LogP contribution in [0.5, 0.6) is 5.75 Å². The lowest BCUT2D eigenvalue weighted by Crippen LogP contribution is -2.51. The van der Waals surface area contributed by atoms with Crippen LogP contribution in [-0.4, -0.2) is 53.2 Å². The number of nitrogens with one attached hydrogen (secondary N) is 1. The van der Waals surface area contributed by atoms with Crippen molar-refractivity contribution in [1.82, 2.24) is 15.2 Å². The molecule has 0 radical (unpaired) electrons. The van der Waals surface area contributed by atoms with E-state index < -0.39 is 18.1 Å². The van der Waals surface area contributed by atoms with E-state index in [0.717, 1.165) is 24.0 Å². The van der Waals surface area contributed by atoms with E-state index in [9.17, 15) is 14.4 Å². The Morgan fingerprint density at radius 3 is 2.26 bits per heavy atom. The maximum absolute atomic E-state index is 13.6. The molecule has 43 heavy (non-hydrogen) atoms. The predicted molar refractivity (Wildman–Crippen MR) is 173 cm³/mol. The number of carbonyl (C=O) groups excluding carboxylic acids is 3. The first-order valence-corrected chi connectivity index (χ1v) is 16.2. The summed E-state index contributed by atoms with van der Waals surface area (Å²) in [6, 6.07) is 9.29. The van der Waals surface area contributed by atoms with E-state index in [-0.39, 0.29) is 29.9 Å². The number of carbonyl (C=O) groups is 3. The van der Waals surface area contributed by atoms with E-state index in [2.05, 4.69) is 24.1 Å². The number of hydrogen-bond acceptors (Lipinski definition) is 6. The summed E-state index contributed by atoms with van der Waals surface area (Å²) in [6.07, 6.45) is 11.6. The van der Waals surface area contributed by atoms with Crippen LogP contribution in [0.4, 0.5) is 0 Å². The maximum atomic E-state index is 13.6. The highest BCUT2D eigenvalue weighted by Crippen LogP contribution is 2.38. The molecular formula is C35H54N4O4. The second-order valence-corrected chi connectivity index (χ2v) is 11.4. The van der Waals surface area contributed by atoms with Crippen LogP contribution in [0, 0.1) is 11.8 Å². The van der Waals surface area contributed by atoms with E-state index in [1.54, 1.807) is 24.4 Å². The molecule has 0 bridgehead atoms. The van der Waals surface area contributed by atoms with E-state index in [1.807, 2.05) is 50.2 Å². The first kappa shape index (κ1) is 35.9. The number of likely N-dealkylation sites (tertiary alicyclic amines) is 1. The van der Waals surface area contributed by atoms with Gasteiger partial charge in [-0.15, -0.1) is 0 Å². The highest BCUT2D eigenvalue weighted by atomic mass is 16.5. The molecule has 8 nitrogen and oxygen atoms in total. The fraction of sp³-hybridized carbons (Fsp3) is 0.600. The van der Waals surface area contributed by atoms with Crippen molar-refractivity contribution in [3.63, 3.8) is 0 Å². The molecule has 1 saturated carbocycles. The molecule has 3 N–H and O–H groups in total. The third-order valence-electron chi connectivity index (χ3n) is 8.20. The number of aromatic nitrogens is 1. The fourth-order valence-electron chi connectivity index (χ4n) is 6.05. The van der Waals surface area contributed by atoms with Gasteiger partial charge in [0.15, 0.2) is 5.78 Å². The number of methoxy groups -OCH3 is 1. The van der Waals surface area contributed by atoms with Crippen LogP contribution in [0.3, 0.4) is 0 Å². The monoisotopic (exact) mass is 594 g/mol. The van der Waals surface area contributed by atoms with Gasteiger partial charge in [-0.2, -0.15) is 0 Å². The number of rotatable bonds is 10. The van der Waals surface area contributed by atoms with Gasteiger partial charge in [0.05, 0.1) is 13.2 Å². The SMILES string of the molecule is CC.CCC.COc1ccccc1[C@@H](N)CC(=O)N1CC(C2CCCCC2)C[C@H]1C(=O)N[C@@H](Cc1ccncc1)C(C)=O. The molecule has 238 valence electrons. The fourth-order valence-corrected chi connectivity index (χ4v) is 6.05. The van der Waals surface area contributed by atoms with Gasteiger partial charge in [0.25, 0.3) is 0 Å². The van der Waals surface area contributed by atoms with Crippen LogP contribution in [0.2, 0.25) is 0 Å². The summed E-state index contributed by atoms with van der Waals surface area (Å²) in [5.41, 5.74) is 8.15. The zero-order chi connectivity index (χ0) is 31.8. The van der Waals surface area contributed by atoms with E-state index in [1.165, 1.54) is 32.6 Å². The Morgan fingerprint density at radius 1 is 1.02 bits per heavy atom. The Bertz CT molecular complexity index is 1120. The summed E-state index contributed by atoms with van der Waals surface area (Å²) in [5.74, 6) is 0.901. The van der Waals surface area contributed by atoms with Gasteiger partial charge in [-0.1, -0.05) is 84.4 Å². The molecule has 1 unspecified atom stereocenters. The van der Waals surface area contributed by atoms with Crippen molar-refractivity contribution in [3.05, 3.63) is 59.9 Å². The summed E-state index contributed by atoms with van der Waals surface area (Å²) in [5, 5.41) is 2.96. The Hall–Kier alpha value is -3.26. The van der Waals surface area contributed by atoms with Crippen molar-refractivity contribution in [2.75, 3.05) is 13.7 Å². The molecule has 1 saturated heterocycles. The molecule has 8 heteroatoms. The number of para-hydroxylation sites is 1. The van der Waals surface area contributed by atoms with Crippen LogP contribution < -0.4 is 15.8 Å². The van der Waals surface area contributed by atoms with Gasteiger partial charge in [0.2, 0.25) is 11.8 Å². The summed E-state index contributed by atoms with van der Waals surface area (Å²) in [6.45, 7) is 10.3. The lowest BCUT2D eigenvalue weighted by Gasteiger charge is -2.28. The number of pyridine rings is 1. The topological polar surface area (TPSA) is 115 Å². The molecule has 1 aromatic carbocycles. The highest BCUT2D eigenvalue weighted by molar-refractivity contribution is 5.92. The van der Waals surface area contributed by atoms with Crippen LogP contribution in [-0.2, 0) is 20.8 Å². The Morgan fingerprint density at radius 2 is 1.65 bits per heavy atom. The minimum absolute atomic E-state index is 0.0781. The molecule has 2 heterocycles. The number of Topliss-reactive ketones (excluding diaryl/α,β-unsaturated/α-hetero) is 1. The van der Waals surface area contributed by atoms with Gasteiger partial charge < -0.3 is 20.7 Å². The van der Waals surface area contributed by atoms with Gasteiger partial charge in [-0.3, -0.25) is 19.4 Å². The van der Waals surface area contributed by atoms with Crippen molar-refractivity contribution in [2.45, 2.75) is 111 Å². The molecule has 2 aliphatic rings. The van der Waals surface area contributed by atoms with Gasteiger partial charge >= 0.3 is 0 Å². The number of nitrogens with zero attached hydrogens (tertiary/aromatic N) is 2. The molecule has 2 amide bonds. The molecule has 0 spiro atoms. The van der Waals surface area contributed by atoms with Crippen molar-refractivity contribution < 1.29 is 19.1 Å². The number of benzene rings is 1. The van der Waals surface area contributed by atoms with E-state index in [0.29, 0.717) is 31.1 Å². The van der Waals surface area contributed by atoms with Crippen LogP contribution in [0.15, 0.2) is 48.8 Å². The lowest BCUT2D eigenvalue weighted by molar-refractivity contribution is -0.139. The third-order valence-corrected chi connectivity index (χ3v) is 8.20. The minimum Gasteiger partial charge on any atom is -0.496 e. The smallest absolute Gasteiger partial charge is 0.243 e. The Labute approximate surface area is 259 Å². The standard InChI is InChI=1S/C30H40N4O4.C3H8.C2H6/c1-20(35)26(16-21-12-14-32-15-13-21)33-30(37)27-17-23(22-8-4-3-5-9-22)19-34(27)29(36)18-25(31)24-10-6-7-11-28(24)38-2;1-3-2;1-2/h6-7,10-15,22-23,25-27H,3-5,8-9,16-19,31H2,1-2H3,(H,33,37);3H2,1-2H3;1-2H3/t23?,25-,26-,27-;;/m0../s1. The maximum Gasteiger partial charge on any atom is 0.243 e. The first-order chi connectivity index (χ1) is 20.8. The second kappa shape index (κ2) is 19.1. The van der Waals surface area contributed by atoms with Gasteiger partial charge in [0, 0.05) is 37.0 Å². The number of ether oxygens (including phenoxy) is 1. The van der Waals surface area contributed by atoms with Gasteiger partial charge in [-0.05, 0) is 55.4 Å². The Kier molecular flexibility index (Phi) is 16.0.